The molecule has 0 radical (unpaired) electrons. The van der Waals surface area contributed by atoms with E-state index < -0.39 is 5.91 Å². The average Bonchev–Trinajstić information content (AvgIpc) is 2.97. The van der Waals surface area contributed by atoms with Crippen molar-refractivity contribution in [2.45, 2.75) is 64.7 Å². The number of hydrogen-bond acceptors (Lipinski definition) is 4. The van der Waals surface area contributed by atoms with Gasteiger partial charge in [-0.1, -0.05) is 18.9 Å². The summed E-state index contributed by atoms with van der Waals surface area (Å²) in [5.74, 6) is -0.403. The van der Waals surface area contributed by atoms with Crippen LogP contribution in [-0.2, 0) is 16.0 Å². The Morgan fingerprint density at radius 3 is 2.92 bits per heavy atom. The van der Waals surface area contributed by atoms with Gasteiger partial charge in [0.1, 0.15) is 0 Å². The zero-order chi connectivity index (χ0) is 18.4. The number of nitrogens with two attached hydrogens (primary N) is 1. The van der Waals surface area contributed by atoms with Crippen LogP contribution in [0.5, 0.6) is 0 Å². The maximum absolute atomic E-state index is 11.4. The number of primary amides is 1. The van der Waals surface area contributed by atoms with Crippen molar-refractivity contribution in [1.82, 2.24) is 9.78 Å². The van der Waals surface area contributed by atoms with Crippen molar-refractivity contribution in [1.29, 1.82) is 0 Å². The molecule has 1 aliphatic heterocycles. The molecule has 6 heteroatoms. The molecule has 0 bridgehead atoms. The van der Waals surface area contributed by atoms with Crippen molar-refractivity contribution in [3.05, 3.63) is 29.5 Å². The number of aryl methyl sites for hydroxylation is 2. The van der Waals surface area contributed by atoms with E-state index >= 15 is 0 Å². The van der Waals surface area contributed by atoms with Gasteiger partial charge in [-0.2, -0.15) is 5.10 Å². The molecule has 2 aromatic rings. The first-order valence-electron chi connectivity index (χ1n) is 9.65. The number of nitrogens with zero attached hydrogens (tertiary/aromatic N) is 2. The number of ether oxygens (including phenoxy) is 2. The topological polar surface area (TPSA) is 79.4 Å². The number of carbonyl (C=O) groups excluding carboxylic acids is 1. The summed E-state index contributed by atoms with van der Waals surface area (Å²) in [7, 11) is 0. The van der Waals surface area contributed by atoms with Crippen molar-refractivity contribution in [2.75, 3.05) is 13.2 Å². The largest absolute Gasteiger partial charge is 0.366 e. The molecule has 1 aliphatic rings. The lowest BCUT2D eigenvalue weighted by atomic mass is 10.1. The van der Waals surface area contributed by atoms with Crippen LogP contribution in [0.2, 0.25) is 0 Å². The molecule has 6 nitrogen and oxygen atoms in total. The Morgan fingerprint density at radius 2 is 2.15 bits per heavy atom. The highest BCUT2D eigenvalue weighted by Crippen LogP contribution is 2.20. The number of fused-ring (bicyclic) bond motifs is 1. The summed E-state index contributed by atoms with van der Waals surface area (Å²) in [5, 5.41) is 5.69. The molecule has 1 fully saturated rings. The fourth-order valence-corrected chi connectivity index (χ4v) is 3.44. The van der Waals surface area contributed by atoms with E-state index in [0.717, 1.165) is 74.9 Å². The summed E-state index contributed by atoms with van der Waals surface area (Å²) in [6, 6.07) is 5.54. The van der Waals surface area contributed by atoms with E-state index in [4.69, 9.17) is 15.2 Å². The highest BCUT2D eigenvalue weighted by molar-refractivity contribution is 5.97. The van der Waals surface area contributed by atoms with Gasteiger partial charge in [-0.3, -0.25) is 9.48 Å². The third kappa shape index (κ3) is 4.83. The van der Waals surface area contributed by atoms with Gasteiger partial charge in [0, 0.05) is 30.7 Å². The Bertz CT molecular complexity index is 735. The van der Waals surface area contributed by atoms with Crippen molar-refractivity contribution < 1.29 is 14.3 Å². The molecular weight excluding hydrogens is 330 g/mol. The number of benzene rings is 1. The first-order valence-corrected chi connectivity index (χ1v) is 9.65. The second-order valence-corrected chi connectivity index (χ2v) is 6.99. The smallest absolute Gasteiger partial charge is 0.248 e. The summed E-state index contributed by atoms with van der Waals surface area (Å²) in [6.07, 6.45) is 7.78. The molecule has 1 aromatic carbocycles. The zero-order valence-electron chi connectivity index (χ0n) is 15.6. The molecule has 1 atom stereocenters. The minimum atomic E-state index is -0.403. The van der Waals surface area contributed by atoms with Gasteiger partial charge in [0.2, 0.25) is 5.91 Å². The van der Waals surface area contributed by atoms with Crippen LogP contribution in [0, 0.1) is 6.92 Å². The fraction of sp³-hybridized carbons (Fsp3) is 0.600. The maximum Gasteiger partial charge on any atom is 0.248 e. The molecular formula is C20H29N3O3. The van der Waals surface area contributed by atoms with E-state index in [2.05, 4.69) is 5.10 Å². The van der Waals surface area contributed by atoms with Gasteiger partial charge >= 0.3 is 0 Å². The van der Waals surface area contributed by atoms with E-state index in [9.17, 15) is 4.79 Å². The van der Waals surface area contributed by atoms with Crippen LogP contribution in [-0.4, -0.2) is 35.2 Å². The Labute approximate surface area is 154 Å². The van der Waals surface area contributed by atoms with Crippen LogP contribution < -0.4 is 5.73 Å². The lowest BCUT2D eigenvalue weighted by Crippen LogP contribution is -2.22. The number of carbonyl (C=O) groups is 1. The van der Waals surface area contributed by atoms with E-state index in [0.29, 0.717) is 5.56 Å². The molecule has 3 rings (SSSR count). The van der Waals surface area contributed by atoms with Crippen LogP contribution in [0.25, 0.3) is 10.9 Å². The number of unbranched alkanes of at least 4 members (excludes halogenated alkanes) is 3. The Balaban J connectivity index is 1.41. The van der Waals surface area contributed by atoms with Crippen LogP contribution in [0.3, 0.4) is 0 Å². The van der Waals surface area contributed by atoms with E-state index in [1.807, 2.05) is 23.7 Å². The summed E-state index contributed by atoms with van der Waals surface area (Å²) < 4.78 is 13.3. The highest BCUT2D eigenvalue weighted by atomic mass is 16.7. The molecule has 26 heavy (non-hydrogen) atoms. The third-order valence-corrected chi connectivity index (χ3v) is 4.93. The molecule has 1 aromatic heterocycles. The van der Waals surface area contributed by atoms with Gasteiger partial charge in [0.05, 0.1) is 11.2 Å². The van der Waals surface area contributed by atoms with Gasteiger partial charge in [-0.25, -0.2) is 0 Å². The monoisotopic (exact) mass is 359 g/mol. The standard InChI is InChI=1S/C20H29N3O3/c1-15-17-10-9-16(20(21)24)14-18(17)23(22-15)11-5-2-3-6-12-25-19-8-4-7-13-26-19/h9-10,14,19H,2-8,11-13H2,1H3,(H2,21,24). The van der Waals surface area contributed by atoms with Gasteiger partial charge in [0.15, 0.2) is 6.29 Å². The van der Waals surface area contributed by atoms with Crippen molar-refractivity contribution in [2.24, 2.45) is 5.73 Å². The minimum absolute atomic E-state index is 0.0154. The average molecular weight is 359 g/mol. The van der Waals surface area contributed by atoms with E-state index in [1.165, 1.54) is 6.42 Å². The second-order valence-electron chi connectivity index (χ2n) is 6.99. The molecule has 0 spiro atoms. The lowest BCUT2D eigenvalue weighted by Gasteiger charge is -2.22. The van der Waals surface area contributed by atoms with Crippen LogP contribution in [0.4, 0.5) is 0 Å². The number of rotatable bonds is 9. The minimum Gasteiger partial charge on any atom is -0.366 e. The molecule has 2 heterocycles. The highest BCUT2D eigenvalue weighted by Gasteiger charge is 2.13. The quantitative estimate of drug-likeness (QED) is 0.695. The lowest BCUT2D eigenvalue weighted by molar-refractivity contribution is -0.162. The maximum atomic E-state index is 11.4. The predicted octanol–water partition coefficient (Wildman–Crippen LogP) is 3.55. The van der Waals surface area contributed by atoms with Gasteiger partial charge < -0.3 is 15.2 Å². The SMILES string of the molecule is Cc1nn(CCCCCCOC2CCCCO2)c2cc(C(N)=O)ccc12. The number of aromatic nitrogens is 2. The van der Waals surface area contributed by atoms with Gasteiger partial charge in [-0.15, -0.1) is 0 Å². The summed E-state index contributed by atoms with van der Waals surface area (Å²) in [5.41, 5.74) is 7.89. The zero-order valence-corrected chi connectivity index (χ0v) is 15.6. The van der Waals surface area contributed by atoms with Crippen LogP contribution in [0.15, 0.2) is 18.2 Å². The summed E-state index contributed by atoms with van der Waals surface area (Å²) in [4.78, 5) is 11.4. The molecule has 1 saturated heterocycles. The molecule has 1 amide bonds. The predicted molar refractivity (Wildman–Crippen MR) is 101 cm³/mol. The van der Waals surface area contributed by atoms with Crippen LogP contribution in [0.1, 0.15) is 61.0 Å². The Morgan fingerprint density at radius 1 is 1.31 bits per heavy atom. The number of hydrogen-bond donors (Lipinski definition) is 1. The second kappa shape index (κ2) is 9.14. The van der Waals surface area contributed by atoms with Gasteiger partial charge in [-0.05, 0) is 51.2 Å². The van der Waals surface area contributed by atoms with Crippen molar-refractivity contribution in [3.63, 3.8) is 0 Å². The molecule has 2 N–H and O–H groups in total. The fourth-order valence-electron chi connectivity index (χ4n) is 3.44. The Kier molecular flexibility index (Phi) is 6.63. The first-order chi connectivity index (χ1) is 12.6. The molecule has 0 saturated carbocycles. The Hall–Kier alpha value is -1.92. The molecule has 142 valence electrons. The van der Waals surface area contributed by atoms with Crippen molar-refractivity contribution >= 4 is 16.8 Å². The third-order valence-electron chi connectivity index (χ3n) is 4.93. The van der Waals surface area contributed by atoms with E-state index in [1.54, 1.807) is 6.07 Å². The van der Waals surface area contributed by atoms with E-state index in [-0.39, 0.29) is 6.29 Å². The van der Waals surface area contributed by atoms with Crippen LogP contribution >= 0.6 is 0 Å². The molecule has 0 aliphatic carbocycles. The summed E-state index contributed by atoms with van der Waals surface area (Å²) in [6.45, 7) is 4.45. The number of amides is 1. The summed E-state index contributed by atoms with van der Waals surface area (Å²) >= 11 is 0. The van der Waals surface area contributed by atoms with Gasteiger partial charge in [0.25, 0.3) is 0 Å². The normalized spacial score (nSPS) is 17.7. The van der Waals surface area contributed by atoms with Crippen molar-refractivity contribution in [3.8, 4) is 0 Å². The molecule has 1 unspecified atom stereocenters. The first kappa shape index (κ1) is 18.9.